The van der Waals surface area contributed by atoms with Crippen LogP contribution in [-0.4, -0.2) is 46.0 Å². The van der Waals surface area contributed by atoms with Crippen LogP contribution in [0.2, 0.25) is 0 Å². The van der Waals surface area contributed by atoms with E-state index >= 15 is 0 Å². The summed E-state index contributed by atoms with van der Waals surface area (Å²) in [6.45, 7) is 4.11. The monoisotopic (exact) mass is 309 g/mol. The standard InChI is InChI=1S/C13H19N5O4/c1-7(2)12-15-9(17-22-12)6-18(3)10(19)5-4-8-11(20)16-13(21)14-8/h7-8H,4-6H2,1-3H3,(H2,14,16,20,21)/t8-/m1/s1. The van der Waals surface area contributed by atoms with Crippen molar-refractivity contribution in [2.75, 3.05) is 7.05 Å². The number of hydrogen-bond acceptors (Lipinski definition) is 6. The van der Waals surface area contributed by atoms with E-state index in [9.17, 15) is 14.4 Å². The number of hydrogen-bond donors (Lipinski definition) is 2. The Hall–Kier alpha value is -2.45. The van der Waals surface area contributed by atoms with Gasteiger partial charge in [-0.15, -0.1) is 0 Å². The second-order valence-corrected chi connectivity index (χ2v) is 5.51. The fraction of sp³-hybridized carbons (Fsp3) is 0.615. The van der Waals surface area contributed by atoms with Crippen LogP contribution in [-0.2, 0) is 16.1 Å². The molecule has 0 radical (unpaired) electrons. The molecule has 1 saturated heterocycles. The van der Waals surface area contributed by atoms with Crippen LogP contribution in [0.5, 0.6) is 0 Å². The highest BCUT2D eigenvalue weighted by Gasteiger charge is 2.29. The number of carbonyl (C=O) groups is 3. The third-order valence-electron chi connectivity index (χ3n) is 3.29. The van der Waals surface area contributed by atoms with Crippen LogP contribution in [0.3, 0.4) is 0 Å². The molecule has 22 heavy (non-hydrogen) atoms. The van der Waals surface area contributed by atoms with Crippen LogP contribution >= 0.6 is 0 Å². The molecule has 1 aliphatic rings. The summed E-state index contributed by atoms with van der Waals surface area (Å²) >= 11 is 0. The van der Waals surface area contributed by atoms with Gasteiger partial charge in [0.15, 0.2) is 5.82 Å². The maximum absolute atomic E-state index is 12.0. The molecule has 0 saturated carbocycles. The predicted octanol–water partition coefficient (Wildman–Crippen LogP) is 0.140. The zero-order chi connectivity index (χ0) is 16.3. The van der Waals surface area contributed by atoms with Crippen LogP contribution in [0, 0.1) is 0 Å². The Kier molecular flexibility index (Phi) is 4.74. The lowest BCUT2D eigenvalue weighted by Gasteiger charge is -2.15. The highest BCUT2D eigenvalue weighted by molar-refractivity contribution is 6.04. The van der Waals surface area contributed by atoms with Gasteiger partial charge in [-0.25, -0.2) is 4.79 Å². The zero-order valence-electron chi connectivity index (χ0n) is 12.8. The first kappa shape index (κ1) is 15.9. The molecule has 120 valence electrons. The molecule has 0 unspecified atom stereocenters. The molecule has 9 nitrogen and oxygen atoms in total. The predicted molar refractivity (Wildman–Crippen MR) is 74.6 cm³/mol. The Bertz CT molecular complexity index is 583. The van der Waals surface area contributed by atoms with Crippen LogP contribution in [0.4, 0.5) is 4.79 Å². The van der Waals surface area contributed by atoms with E-state index in [0.29, 0.717) is 11.7 Å². The second-order valence-electron chi connectivity index (χ2n) is 5.51. The molecule has 0 spiro atoms. The van der Waals surface area contributed by atoms with Gasteiger partial charge in [0.1, 0.15) is 6.04 Å². The fourth-order valence-electron chi connectivity index (χ4n) is 1.99. The van der Waals surface area contributed by atoms with Crippen molar-refractivity contribution in [1.82, 2.24) is 25.7 Å². The molecule has 2 rings (SSSR count). The van der Waals surface area contributed by atoms with Crippen molar-refractivity contribution in [3.63, 3.8) is 0 Å². The minimum absolute atomic E-state index is 0.131. The Labute approximate surface area is 127 Å². The van der Waals surface area contributed by atoms with E-state index in [1.54, 1.807) is 7.05 Å². The normalized spacial score (nSPS) is 17.5. The summed E-state index contributed by atoms with van der Waals surface area (Å²) in [7, 11) is 1.63. The number of nitrogens with zero attached hydrogens (tertiary/aromatic N) is 3. The van der Waals surface area contributed by atoms with Gasteiger partial charge in [-0.2, -0.15) is 4.98 Å². The van der Waals surface area contributed by atoms with Crippen LogP contribution in [0.15, 0.2) is 4.52 Å². The number of rotatable bonds is 6. The van der Waals surface area contributed by atoms with Crippen molar-refractivity contribution in [1.29, 1.82) is 0 Å². The first-order valence-electron chi connectivity index (χ1n) is 7.04. The van der Waals surface area contributed by atoms with Crippen molar-refractivity contribution < 1.29 is 18.9 Å². The van der Waals surface area contributed by atoms with Crippen LogP contribution in [0.1, 0.15) is 44.3 Å². The van der Waals surface area contributed by atoms with E-state index in [1.165, 1.54) is 4.90 Å². The third kappa shape index (κ3) is 3.80. The third-order valence-corrected chi connectivity index (χ3v) is 3.29. The summed E-state index contributed by atoms with van der Waals surface area (Å²) in [5, 5.41) is 8.40. The van der Waals surface area contributed by atoms with Crippen LogP contribution in [0.25, 0.3) is 0 Å². The Morgan fingerprint density at radius 2 is 2.14 bits per heavy atom. The molecular weight excluding hydrogens is 290 g/mol. The van der Waals surface area contributed by atoms with E-state index < -0.39 is 18.0 Å². The highest BCUT2D eigenvalue weighted by Crippen LogP contribution is 2.12. The highest BCUT2D eigenvalue weighted by atomic mass is 16.5. The average molecular weight is 309 g/mol. The molecule has 1 aromatic heterocycles. The number of urea groups is 1. The fourth-order valence-corrected chi connectivity index (χ4v) is 1.99. The van der Waals surface area contributed by atoms with Gasteiger partial charge in [-0.3, -0.25) is 14.9 Å². The minimum atomic E-state index is -0.650. The van der Waals surface area contributed by atoms with Gasteiger partial charge in [0.2, 0.25) is 11.8 Å². The van der Waals surface area contributed by atoms with E-state index in [2.05, 4.69) is 20.8 Å². The smallest absolute Gasteiger partial charge is 0.322 e. The molecule has 1 aliphatic heterocycles. The van der Waals surface area contributed by atoms with Crippen molar-refractivity contribution in [3.8, 4) is 0 Å². The molecule has 1 aromatic rings. The van der Waals surface area contributed by atoms with Gasteiger partial charge in [-0.05, 0) is 6.42 Å². The lowest BCUT2D eigenvalue weighted by Crippen LogP contribution is -2.32. The first-order chi connectivity index (χ1) is 10.4. The van der Waals surface area contributed by atoms with E-state index in [0.717, 1.165) is 0 Å². The van der Waals surface area contributed by atoms with Gasteiger partial charge in [0.05, 0.1) is 6.54 Å². The maximum atomic E-state index is 12.0. The lowest BCUT2D eigenvalue weighted by atomic mass is 10.1. The Morgan fingerprint density at radius 1 is 1.41 bits per heavy atom. The van der Waals surface area contributed by atoms with Gasteiger partial charge in [0, 0.05) is 19.4 Å². The first-order valence-corrected chi connectivity index (χ1v) is 7.04. The van der Waals surface area contributed by atoms with Crippen molar-refractivity contribution in [2.24, 2.45) is 0 Å². The Morgan fingerprint density at radius 3 is 2.68 bits per heavy atom. The van der Waals surface area contributed by atoms with Crippen molar-refractivity contribution in [2.45, 2.75) is 45.2 Å². The maximum Gasteiger partial charge on any atom is 0.322 e. The summed E-state index contributed by atoms with van der Waals surface area (Å²) in [5.41, 5.74) is 0. The SMILES string of the molecule is CC(C)c1nc(CN(C)C(=O)CC[C@H]2NC(=O)NC2=O)no1. The summed E-state index contributed by atoms with van der Waals surface area (Å²) < 4.78 is 5.07. The quantitative estimate of drug-likeness (QED) is 0.722. The topological polar surface area (TPSA) is 117 Å². The van der Waals surface area contributed by atoms with Crippen molar-refractivity contribution >= 4 is 17.8 Å². The molecule has 0 aromatic carbocycles. The molecule has 0 bridgehead atoms. The minimum Gasteiger partial charge on any atom is -0.339 e. The molecule has 1 atom stereocenters. The molecule has 2 heterocycles. The van der Waals surface area contributed by atoms with E-state index in [1.807, 2.05) is 13.8 Å². The largest absolute Gasteiger partial charge is 0.339 e. The molecule has 4 amide bonds. The second kappa shape index (κ2) is 6.54. The molecule has 1 fully saturated rings. The van der Waals surface area contributed by atoms with Gasteiger partial charge >= 0.3 is 6.03 Å². The zero-order valence-corrected chi connectivity index (χ0v) is 12.8. The number of carbonyl (C=O) groups excluding carboxylic acids is 3. The molecular formula is C13H19N5O4. The molecule has 0 aliphatic carbocycles. The van der Waals surface area contributed by atoms with Gasteiger partial charge in [-0.1, -0.05) is 19.0 Å². The number of aromatic nitrogens is 2. The summed E-state index contributed by atoms with van der Waals surface area (Å²) in [4.78, 5) is 40.0. The van der Waals surface area contributed by atoms with Gasteiger partial charge < -0.3 is 14.7 Å². The van der Waals surface area contributed by atoms with Crippen LogP contribution < -0.4 is 10.6 Å². The number of imide groups is 1. The summed E-state index contributed by atoms with van der Waals surface area (Å²) in [6, 6.07) is -1.17. The molecule has 2 N–H and O–H groups in total. The Balaban J connectivity index is 1.81. The number of amides is 4. The molecule has 9 heteroatoms. The lowest BCUT2D eigenvalue weighted by molar-refractivity contribution is -0.130. The van der Waals surface area contributed by atoms with Crippen molar-refractivity contribution in [3.05, 3.63) is 11.7 Å². The van der Waals surface area contributed by atoms with E-state index in [-0.39, 0.29) is 31.2 Å². The summed E-state index contributed by atoms with van der Waals surface area (Å²) in [6.07, 6.45) is 0.397. The average Bonchev–Trinajstić information content (AvgIpc) is 3.02. The summed E-state index contributed by atoms with van der Waals surface area (Å²) in [5.74, 6) is 0.532. The van der Waals surface area contributed by atoms with Gasteiger partial charge in [0.25, 0.3) is 5.91 Å². The van der Waals surface area contributed by atoms with E-state index in [4.69, 9.17) is 4.52 Å². The number of nitrogens with one attached hydrogen (secondary N) is 2.